The van der Waals surface area contributed by atoms with E-state index >= 15 is 0 Å². The maximum absolute atomic E-state index is 12.0. The van der Waals surface area contributed by atoms with E-state index < -0.39 is 0 Å². The molecule has 0 N–H and O–H groups in total. The number of Topliss-reactive ketones (excluding diaryl/α,β-unsaturated/α-hetero) is 1. The van der Waals surface area contributed by atoms with Crippen LogP contribution in [-0.2, 0) is 0 Å². The molecule has 2 atom stereocenters. The van der Waals surface area contributed by atoms with Crippen molar-refractivity contribution in [1.82, 2.24) is 4.90 Å². The van der Waals surface area contributed by atoms with Crippen molar-refractivity contribution in [2.45, 2.75) is 38.6 Å². The maximum atomic E-state index is 12.0. The number of hydrogen-bond acceptors (Lipinski definition) is 3. The molecule has 1 fully saturated rings. The van der Waals surface area contributed by atoms with E-state index in [2.05, 4.69) is 18.9 Å². The van der Waals surface area contributed by atoms with Gasteiger partial charge in [0.15, 0.2) is 5.78 Å². The summed E-state index contributed by atoms with van der Waals surface area (Å²) in [5.41, 5.74) is 0. The van der Waals surface area contributed by atoms with Crippen LogP contribution in [0.2, 0.25) is 0 Å². The van der Waals surface area contributed by atoms with Crippen LogP contribution in [-0.4, -0.2) is 30.3 Å². The molecule has 94 valence electrons. The second kappa shape index (κ2) is 5.78. The summed E-state index contributed by atoms with van der Waals surface area (Å²) in [5.74, 6) is 1.08. The standard InChI is InChI=1S/C14H21NOS/c1-11-5-3-6-12(9-11)15(2)10-13(16)14-7-4-8-17-14/h4,7-8,11-12H,3,5-6,9-10H2,1-2H3. The molecule has 0 aromatic carbocycles. The Bertz CT molecular complexity index is 360. The average Bonchev–Trinajstić information content (AvgIpc) is 2.82. The van der Waals surface area contributed by atoms with Gasteiger partial charge in [-0.15, -0.1) is 11.3 Å². The third kappa shape index (κ3) is 3.39. The minimum atomic E-state index is 0.265. The van der Waals surface area contributed by atoms with Gasteiger partial charge in [-0.25, -0.2) is 0 Å². The Morgan fingerprint density at radius 3 is 3.00 bits per heavy atom. The normalized spacial score (nSPS) is 25.1. The monoisotopic (exact) mass is 251 g/mol. The van der Waals surface area contributed by atoms with Gasteiger partial charge in [-0.3, -0.25) is 9.69 Å². The summed E-state index contributed by atoms with van der Waals surface area (Å²) in [6.45, 7) is 2.89. The first-order chi connectivity index (χ1) is 8.16. The van der Waals surface area contributed by atoms with Crippen molar-refractivity contribution in [1.29, 1.82) is 0 Å². The van der Waals surface area contributed by atoms with Crippen LogP contribution in [0.25, 0.3) is 0 Å². The van der Waals surface area contributed by atoms with Gasteiger partial charge in [0.1, 0.15) is 0 Å². The molecule has 0 bridgehead atoms. The first kappa shape index (κ1) is 12.8. The fourth-order valence-electron chi connectivity index (χ4n) is 2.67. The van der Waals surface area contributed by atoms with Gasteiger partial charge in [0.05, 0.1) is 11.4 Å². The third-order valence-electron chi connectivity index (χ3n) is 3.72. The molecule has 2 rings (SSSR count). The molecule has 0 radical (unpaired) electrons. The molecule has 1 aliphatic rings. The van der Waals surface area contributed by atoms with Gasteiger partial charge in [-0.05, 0) is 37.3 Å². The third-order valence-corrected chi connectivity index (χ3v) is 4.63. The molecule has 1 aromatic rings. The lowest BCUT2D eigenvalue weighted by molar-refractivity contribution is 0.0886. The number of thiophene rings is 1. The molecule has 0 amide bonds. The molecule has 17 heavy (non-hydrogen) atoms. The van der Waals surface area contributed by atoms with Gasteiger partial charge in [0.2, 0.25) is 0 Å². The van der Waals surface area contributed by atoms with E-state index in [0.29, 0.717) is 12.6 Å². The van der Waals surface area contributed by atoms with Crippen molar-refractivity contribution in [3.8, 4) is 0 Å². The molecular formula is C14H21NOS. The van der Waals surface area contributed by atoms with Crippen LogP contribution in [0.4, 0.5) is 0 Å². The topological polar surface area (TPSA) is 20.3 Å². The van der Waals surface area contributed by atoms with Gasteiger partial charge < -0.3 is 0 Å². The van der Waals surface area contributed by atoms with E-state index in [1.807, 2.05) is 17.5 Å². The summed E-state index contributed by atoms with van der Waals surface area (Å²) in [6.07, 6.45) is 5.15. The van der Waals surface area contributed by atoms with Crippen LogP contribution in [0.15, 0.2) is 17.5 Å². The van der Waals surface area contributed by atoms with Gasteiger partial charge in [-0.2, -0.15) is 0 Å². The van der Waals surface area contributed by atoms with Crippen LogP contribution in [0.3, 0.4) is 0 Å². The number of nitrogens with zero attached hydrogens (tertiary/aromatic N) is 1. The Morgan fingerprint density at radius 1 is 1.53 bits per heavy atom. The lowest BCUT2D eigenvalue weighted by atomic mass is 9.86. The van der Waals surface area contributed by atoms with Crippen molar-refractivity contribution in [2.75, 3.05) is 13.6 Å². The summed E-state index contributed by atoms with van der Waals surface area (Å²) in [7, 11) is 2.09. The van der Waals surface area contributed by atoms with Crippen LogP contribution >= 0.6 is 11.3 Å². The number of hydrogen-bond donors (Lipinski definition) is 0. The number of carbonyl (C=O) groups is 1. The fourth-order valence-corrected chi connectivity index (χ4v) is 3.33. The van der Waals surface area contributed by atoms with Crippen LogP contribution in [0, 0.1) is 5.92 Å². The minimum Gasteiger partial charge on any atom is -0.296 e. The zero-order valence-electron chi connectivity index (χ0n) is 10.7. The van der Waals surface area contributed by atoms with E-state index in [9.17, 15) is 4.79 Å². The van der Waals surface area contributed by atoms with Crippen molar-refractivity contribution < 1.29 is 4.79 Å². The second-order valence-electron chi connectivity index (χ2n) is 5.24. The number of ketones is 1. The van der Waals surface area contributed by atoms with Gasteiger partial charge in [0, 0.05) is 6.04 Å². The minimum absolute atomic E-state index is 0.265. The predicted molar refractivity (Wildman–Crippen MR) is 72.7 cm³/mol. The molecule has 1 aliphatic carbocycles. The van der Waals surface area contributed by atoms with Crippen molar-refractivity contribution >= 4 is 17.1 Å². The molecular weight excluding hydrogens is 230 g/mol. The Kier molecular flexibility index (Phi) is 4.35. The van der Waals surface area contributed by atoms with Crippen molar-refractivity contribution in [2.24, 2.45) is 5.92 Å². The van der Waals surface area contributed by atoms with Crippen LogP contribution in [0.1, 0.15) is 42.3 Å². The zero-order valence-corrected chi connectivity index (χ0v) is 11.5. The van der Waals surface area contributed by atoms with Crippen LogP contribution in [0.5, 0.6) is 0 Å². The highest BCUT2D eigenvalue weighted by Crippen LogP contribution is 2.26. The molecule has 1 heterocycles. The zero-order chi connectivity index (χ0) is 12.3. The van der Waals surface area contributed by atoms with Crippen molar-refractivity contribution in [3.63, 3.8) is 0 Å². The molecule has 3 heteroatoms. The summed E-state index contributed by atoms with van der Waals surface area (Å²) < 4.78 is 0. The SMILES string of the molecule is CC1CCCC(N(C)CC(=O)c2cccs2)C1. The smallest absolute Gasteiger partial charge is 0.186 e. The Morgan fingerprint density at radius 2 is 2.35 bits per heavy atom. The van der Waals surface area contributed by atoms with E-state index in [4.69, 9.17) is 0 Å². The average molecular weight is 251 g/mol. The molecule has 1 aromatic heterocycles. The predicted octanol–water partition coefficient (Wildman–Crippen LogP) is 3.44. The van der Waals surface area contributed by atoms with E-state index in [1.165, 1.54) is 25.7 Å². The van der Waals surface area contributed by atoms with Gasteiger partial charge in [-0.1, -0.05) is 25.8 Å². The second-order valence-corrected chi connectivity index (χ2v) is 6.19. The summed E-state index contributed by atoms with van der Waals surface area (Å²) in [4.78, 5) is 15.1. The molecule has 1 saturated carbocycles. The summed E-state index contributed by atoms with van der Waals surface area (Å²) >= 11 is 1.54. The number of rotatable bonds is 4. The maximum Gasteiger partial charge on any atom is 0.186 e. The lowest BCUT2D eigenvalue weighted by Crippen LogP contribution is -2.38. The fraction of sp³-hybridized carbons (Fsp3) is 0.643. The van der Waals surface area contributed by atoms with Crippen LogP contribution < -0.4 is 0 Å². The summed E-state index contributed by atoms with van der Waals surface area (Å²) in [5, 5.41) is 1.97. The quantitative estimate of drug-likeness (QED) is 0.764. The van der Waals surface area contributed by atoms with Crippen molar-refractivity contribution in [3.05, 3.63) is 22.4 Å². The highest BCUT2D eigenvalue weighted by atomic mass is 32.1. The van der Waals surface area contributed by atoms with E-state index in [-0.39, 0.29) is 5.78 Å². The Balaban J connectivity index is 1.88. The molecule has 2 unspecified atom stereocenters. The molecule has 0 spiro atoms. The highest BCUT2D eigenvalue weighted by molar-refractivity contribution is 7.12. The Labute approximate surface area is 108 Å². The number of carbonyl (C=O) groups excluding carboxylic acids is 1. The van der Waals surface area contributed by atoms with E-state index in [0.717, 1.165) is 10.8 Å². The summed E-state index contributed by atoms with van der Waals surface area (Å²) in [6, 6.07) is 4.47. The number of likely N-dealkylation sites (N-methyl/N-ethyl adjacent to an activating group) is 1. The largest absolute Gasteiger partial charge is 0.296 e. The van der Waals surface area contributed by atoms with Gasteiger partial charge >= 0.3 is 0 Å². The Hall–Kier alpha value is -0.670. The lowest BCUT2D eigenvalue weighted by Gasteiger charge is -2.33. The first-order valence-electron chi connectivity index (χ1n) is 6.43. The highest BCUT2D eigenvalue weighted by Gasteiger charge is 2.23. The molecule has 2 nitrogen and oxygen atoms in total. The molecule has 0 saturated heterocycles. The first-order valence-corrected chi connectivity index (χ1v) is 7.31. The van der Waals surface area contributed by atoms with Gasteiger partial charge in [0.25, 0.3) is 0 Å². The van der Waals surface area contributed by atoms with E-state index in [1.54, 1.807) is 11.3 Å². The molecule has 0 aliphatic heterocycles.